The minimum absolute atomic E-state index is 0.107. The molecule has 0 aromatic heterocycles. The van der Waals surface area contributed by atoms with Crippen molar-refractivity contribution in [3.63, 3.8) is 0 Å². The summed E-state index contributed by atoms with van der Waals surface area (Å²) in [6.07, 6.45) is -1.89. The Labute approximate surface area is 110 Å². The van der Waals surface area contributed by atoms with E-state index in [0.29, 0.717) is 5.57 Å². The summed E-state index contributed by atoms with van der Waals surface area (Å²) in [7, 11) is 0. The largest absolute Gasteiger partial charge is 0.464 e. The first-order chi connectivity index (χ1) is 9.08. The lowest BCUT2D eigenvalue weighted by Gasteiger charge is -2.23. The maximum Gasteiger partial charge on any atom is 0.429 e. The van der Waals surface area contributed by atoms with Crippen LogP contribution in [0.25, 0.3) is 0 Å². The molecule has 1 fully saturated rings. The third kappa shape index (κ3) is 3.04. The highest BCUT2D eigenvalue weighted by Crippen LogP contribution is 2.16. The van der Waals surface area contributed by atoms with Crippen molar-refractivity contribution in [1.29, 1.82) is 0 Å². The summed E-state index contributed by atoms with van der Waals surface area (Å²) in [5.41, 5.74) is 1.50. The normalized spacial score (nSPS) is 14.6. The number of benzene rings is 1. The van der Waals surface area contributed by atoms with E-state index in [-0.39, 0.29) is 19.7 Å². The lowest BCUT2D eigenvalue weighted by molar-refractivity contribution is 0.0161. The highest BCUT2D eigenvalue weighted by Gasteiger charge is 2.33. The number of nitrogens with zero attached hydrogens (tertiary/aromatic N) is 2. The molecule has 2 rings (SSSR count). The van der Waals surface area contributed by atoms with Gasteiger partial charge in [-0.15, -0.1) is 0 Å². The van der Waals surface area contributed by atoms with Gasteiger partial charge in [0.1, 0.15) is 6.61 Å². The number of amides is 2. The predicted molar refractivity (Wildman–Crippen MR) is 67.2 cm³/mol. The zero-order valence-electron chi connectivity index (χ0n) is 10.3. The van der Waals surface area contributed by atoms with Gasteiger partial charge < -0.3 is 9.84 Å². The van der Waals surface area contributed by atoms with Crippen LogP contribution in [0, 0.1) is 0 Å². The van der Waals surface area contributed by atoms with Crippen LogP contribution in [-0.2, 0) is 11.3 Å². The van der Waals surface area contributed by atoms with E-state index in [4.69, 9.17) is 9.84 Å². The molecule has 0 spiro atoms. The summed E-state index contributed by atoms with van der Waals surface area (Å²) in [6, 6.07) is 9.19. The van der Waals surface area contributed by atoms with Crippen LogP contribution in [0.15, 0.2) is 42.5 Å². The van der Waals surface area contributed by atoms with Crippen molar-refractivity contribution in [2.45, 2.75) is 6.61 Å². The Kier molecular flexibility index (Phi) is 3.70. The number of carboxylic acid groups (broad SMARTS) is 1. The van der Waals surface area contributed by atoms with E-state index in [1.54, 1.807) is 0 Å². The maximum atomic E-state index is 11.8. The second kappa shape index (κ2) is 5.43. The number of hydrogen-bond acceptors (Lipinski definition) is 3. The van der Waals surface area contributed by atoms with E-state index in [2.05, 4.69) is 6.58 Å². The van der Waals surface area contributed by atoms with Crippen molar-refractivity contribution in [2.75, 3.05) is 13.1 Å². The minimum Gasteiger partial charge on any atom is -0.464 e. The van der Waals surface area contributed by atoms with Gasteiger partial charge in [0.2, 0.25) is 0 Å². The summed E-state index contributed by atoms with van der Waals surface area (Å²) >= 11 is 0. The van der Waals surface area contributed by atoms with Crippen LogP contribution >= 0.6 is 0 Å². The molecule has 0 saturated carbocycles. The SMILES string of the molecule is C=C1CN(C(=O)O)N(C(=O)OCc2ccccc2)C1. The summed E-state index contributed by atoms with van der Waals surface area (Å²) in [6.45, 7) is 4.08. The van der Waals surface area contributed by atoms with Gasteiger partial charge >= 0.3 is 12.2 Å². The summed E-state index contributed by atoms with van der Waals surface area (Å²) < 4.78 is 5.08. The summed E-state index contributed by atoms with van der Waals surface area (Å²) in [5.74, 6) is 0. The quantitative estimate of drug-likeness (QED) is 0.828. The van der Waals surface area contributed by atoms with Crippen LogP contribution < -0.4 is 0 Å². The van der Waals surface area contributed by atoms with E-state index in [9.17, 15) is 9.59 Å². The van der Waals surface area contributed by atoms with Crippen molar-refractivity contribution in [3.8, 4) is 0 Å². The van der Waals surface area contributed by atoms with Crippen molar-refractivity contribution < 1.29 is 19.4 Å². The molecular formula is C13H14N2O4. The molecule has 0 unspecified atom stereocenters. The van der Waals surface area contributed by atoms with Gasteiger partial charge in [0.15, 0.2) is 0 Å². The Bertz CT molecular complexity index is 501. The topological polar surface area (TPSA) is 70.1 Å². The molecule has 2 amide bonds. The van der Waals surface area contributed by atoms with Crippen LogP contribution in [0.2, 0.25) is 0 Å². The van der Waals surface area contributed by atoms with Crippen LogP contribution in [0.5, 0.6) is 0 Å². The minimum atomic E-state index is -1.20. The molecule has 6 heteroatoms. The van der Waals surface area contributed by atoms with E-state index >= 15 is 0 Å². The van der Waals surface area contributed by atoms with Gasteiger partial charge in [-0.1, -0.05) is 36.9 Å². The Morgan fingerprint density at radius 3 is 2.47 bits per heavy atom. The van der Waals surface area contributed by atoms with Gasteiger partial charge in [0, 0.05) is 0 Å². The molecule has 0 aliphatic carbocycles. The first kappa shape index (κ1) is 12.9. The monoisotopic (exact) mass is 262 g/mol. The van der Waals surface area contributed by atoms with Crippen molar-refractivity contribution in [1.82, 2.24) is 10.0 Å². The Morgan fingerprint density at radius 1 is 1.21 bits per heavy atom. The number of hydrazine groups is 1. The van der Waals surface area contributed by atoms with Crippen molar-refractivity contribution in [2.24, 2.45) is 0 Å². The average Bonchev–Trinajstić information content (AvgIpc) is 2.79. The fraction of sp³-hybridized carbons (Fsp3) is 0.231. The molecule has 0 bridgehead atoms. The zero-order valence-corrected chi connectivity index (χ0v) is 10.3. The fourth-order valence-corrected chi connectivity index (χ4v) is 1.77. The molecule has 1 heterocycles. The Hall–Kier alpha value is -2.50. The average molecular weight is 262 g/mol. The van der Waals surface area contributed by atoms with Crippen LogP contribution in [0.3, 0.4) is 0 Å². The highest BCUT2D eigenvalue weighted by molar-refractivity contribution is 5.74. The number of rotatable bonds is 2. The first-order valence-electron chi connectivity index (χ1n) is 5.73. The molecule has 1 aliphatic heterocycles. The molecule has 100 valence electrons. The molecule has 1 saturated heterocycles. The molecular weight excluding hydrogens is 248 g/mol. The number of carbonyl (C=O) groups is 2. The fourth-order valence-electron chi connectivity index (χ4n) is 1.77. The first-order valence-corrected chi connectivity index (χ1v) is 5.73. The van der Waals surface area contributed by atoms with Gasteiger partial charge in [0.05, 0.1) is 13.1 Å². The van der Waals surface area contributed by atoms with Gasteiger partial charge in [-0.05, 0) is 11.1 Å². The molecule has 1 N–H and O–H groups in total. The number of hydrogen-bond donors (Lipinski definition) is 1. The lowest BCUT2D eigenvalue weighted by Crippen LogP contribution is -2.44. The smallest absolute Gasteiger partial charge is 0.429 e. The molecule has 0 radical (unpaired) electrons. The molecule has 0 atom stereocenters. The maximum absolute atomic E-state index is 11.8. The van der Waals surface area contributed by atoms with E-state index < -0.39 is 12.2 Å². The lowest BCUT2D eigenvalue weighted by atomic mass is 10.2. The van der Waals surface area contributed by atoms with Crippen LogP contribution in [0.1, 0.15) is 5.56 Å². The standard InChI is InChI=1S/C13H14N2O4/c1-10-7-14(12(16)17)15(8-10)13(18)19-9-11-5-3-2-4-6-11/h2-6H,1,7-9H2,(H,16,17). The predicted octanol–water partition coefficient (Wildman–Crippen LogP) is 2.09. The van der Waals surface area contributed by atoms with Gasteiger partial charge in [-0.25, -0.2) is 19.6 Å². The Morgan fingerprint density at radius 2 is 1.84 bits per heavy atom. The molecule has 19 heavy (non-hydrogen) atoms. The van der Waals surface area contributed by atoms with Gasteiger partial charge in [0.25, 0.3) is 0 Å². The van der Waals surface area contributed by atoms with E-state index in [0.717, 1.165) is 15.6 Å². The van der Waals surface area contributed by atoms with Crippen molar-refractivity contribution in [3.05, 3.63) is 48.0 Å². The molecule has 1 aliphatic rings. The van der Waals surface area contributed by atoms with Crippen LogP contribution in [0.4, 0.5) is 9.59 Å². The third-order valence-corrected chi connectivity index (χ3v) is 2.67. The van der Waals surface area contributed by atoms with Gasteiger partial charge in [-0.3, -0.25) is 0 Å². The third-order valence-electron chi connectivity index (χ3n) is 2.67. The van der Waals surface area contributed by atoms with E-state index in [1.807, 2.05) is 30.3 Å². The van der Waals surface area contributed by atoms with Crippen molar-refractivity contribution >= 4 is 12.2 Å². The second-order valence-corrected chi connectivity index (χ2v) is 4.19. The van der Waals surface area contributed by atoms with Crippen LogP contribution in [-0.4, -0.2) is 40.4 Å². The van der Waals surface area contributed by atoms with E-state index in [1.165, 1.54) is 0 Å². The highest BCUT2D eigenvalue weighted by atomic mass is 16.6. The number of carbonyl (C=O) groups excluding carboxylic acids is 1. The second-order valence-electron chi connectivity index (χ2n) is 4.19. The Balaban J connectivity index is 1.96. The summed E-state index contributed by atoms with van der Waals surface area (Å²) in [4.78, 5) is 22.8. The van der Waals surface area contributed by atoms with Gasteiger partial charge in [-0.2, -0.15) is 0 Å². The summed E-state index contributed by atoms with van der Waals surface area (Å²) in [5, 5.41) is 10.9. The zero-order chi connectivity index (χ0) is 13.8. The molecule has 1 aromatic carbocycles. The number of ether oxygens (including phenoxy) is 1. The molecule has 1 aromatic rings. The molecule has 6 nitrogen and oxygen atoms in total.